The van der Waals surface area contributed by atoms with Crippen molar-refractivity contribution < 1.29 is 4.74 Å². The Balaban J connectivity index is 1.76. The molecule has 2 aromatic carbocycles. The Morgan fingerprint density at radius 2 is 1.81 bits per heavy atom. The molecule has 0 bridgehead atoms. The van der Waals surface area contributed by atoms with Crippen LogP contribution in [0.3, 0.4) is 0 Å². The summed E-state index contributed by atoms with van der Waals surface area (Å²) in [5.74, 6) is 1.57. The summed E-state index contributed by atoms with van der Waals surface area (Å²) in [5, 5.41) is 14.2. The highest BCUT2D eigenvalue weighted by Crippen LogP contribution is 2.34. The molecule has 4 rings (SSSR count). The van der Waals surface area contributed by atoms with Crippen LogP contribution in [0.5, 0.6) is 5.75 Å². The standard InChI is InChI=1S/C19H19N5OS/c1-4-25-16-8-6-5-7-15(16)18-22-24-17(20-21-19(24)26-18)13-9-11-14(12-10-13)23(2)3/h5-12H,4H2,1-3H3. The molecule has 0 aliphatic rings. The number of ether oxygens (including phenoxy) is 1. The monoisotopic (exact) mass is 365 g/mol. The molecule has 4 aromatic rings. The Kier molecular flexibility index (Phi) is 4.30. The third-order valence-corrected chi connectivity index (χ3v) is 4.98. The molecule has 26 heavy (non-hydrogen) atoms. The third kappa shape index (κ3) is 2.90. The molecule has 0 amide bonds. The van der Waals surface area contributed by atoms with Crippen LogP contribution < -0.4 is 9.64 Å². The quantitative estimate of drug-likeness (QED) is 0.535. The van der Waals surface area contributed by atoms with Crippen molar-refractivity contribution in [3.63, 3.8) is 0 Å². The largest absolute Gasteiger partial charge is 0.493 e. The number of aromatic nitrogens is 4. The van der Waals surface area contributed by atoms with Crippen molar-refractivity contribution in [1.82, 2.24) is 19.8 Å². The van der Waals surface area contributed by atoms with Crippen molar-refractivity contribution >= 4 is 22.0 Å². The Bertz CT molecular complexity index is 1040. The number of fused-ring (bicyclic) bond motifs is 1. The van der Waals surface area contributed by atoms with Gasteiger partial charge in [-0.05, 0) is 43.3 Å². The van der Waals surface area contributed by atoms with Crippen LogP contribution in [0.25, 0.3) is 26.9 Å². The van der Waals surface area contributed by atoms with Gasteiger partial charge in [0.05, 0.1) is 12.2 Å². The van der Waals surface area contributed by atoms with E-state index in [2.05, 4.69) is 27.2 Å². The van der Waals surface area contributed by atoms with Crippen molar-refractivity contribution in [3.05, 3.63) is 48.5 Å². The van der Waals surface area contributed by atoms with Gasteiger partial charge < -0.3 is 9.64 Å². The lowest BCUT2D eigenvalue weighted by Crippen LogP contribution is -2.08. The average Bonchev–Trinajstić information content (AvgIpc) is 3.23. The van der Waals surface area contributed by atoms with Crippen LogP contribution >= 0.6 is 11.3 Å². The van der Waals surface area contributed by atoms with Crippen molar-refractivity contribution in [2.45, 2.75) is 6.92 Å². The molecule has 2 aromatic heterocycles. The molecular weight excluding hydrogens is 346 g/mol. The van der Waals surface area contributed by atoms with Gasteiger partial charge in [-0.25, -0.2) is 0 Å². The molecule has 0 fully saturated rings. The molecule has 0 saturated heterocycles. The lowest BCUT2D eigenvalue weighted by molar-refractivity contribution is 0.341. The normalized spacial score (nSPS) is 11.0. The summed E-state index contributed by atoms with van der Waals surface area (Å²) in [6.45, 7) is 2.59. The Labute approximate surface area is 155 Å². The van der Waals surface area contributed by atoms with Gasteiger partial charge in [0, 0.05) is 25.3 Å². The van der Waals surface area contributed by atoms with Gasteiger partial charge in [0.15, 0.2) is 10.8 Å². The summed E-state index contributed by atoms with van der Waals surface area (Å²) in [5.41, 5.74) is 3.09. The first-order valence-electron chi connectivity index (χ1n) is 8.39. The molecule has 0 spiro atoms. The molecule has 0 N–H and O–H groups in total. The molecule has 0 saturated carbocycles. The van der Waals surface area contributed by atoms with Crippen molar-refractivity contribution in [3.8, 4) is 27.7 Å². The van der Waals surface area contributed by atoms with Crippen LogP contribution in [-0.4, -0.2) is 40.5 Å². The van der Waals surface area contributed by atoms with E-state index in [1.807, 2.05) is 57.4 Å². The van der Waals surface area contributed by atoms with Gasteiger partial charge in [0.1, 0.15) is 5.75 Å². The number of rotatable bonds is 5. The van der Waals surface area contributed by atoms with Gasteiger partial charge in [-0.15, -0.1) is 10.2 Å². The van der Waals surface area contributed by atoms with Crippen LogP contribution in [-0.2, 0) is 0 Å². The maximum Gasteiger partial charge on any atom is 0.235 e. The molecule has 2 heterocycles. The van der Waals surface area contributed by atoms with Gasteiger partial charge in [-0.3, -0.25) is 0 Å². The number of benzene rings is 2. The number of para-hydroxylation sites is 1. The maximum absolute atomic E-state index is 5.73. The summed E-state index contributed by atoms with van der Waals surface area (Å²) in [4.78, 5) is 2.83. The molecular formula is C19H19N5OS. The van der Waals surface area contributed by atoms with Gasteiger partial charge in [0.25, 0.3) is 0 Å². The number of hydrogen-bond donors (Lipinski definition) is 0. The smallest absolute Gasteiger partial charge is 0.235 e. The van der Waals surface area contributed by atoms with E-state index in [0.29, 0.717) is 6.61 Å². The number of nitrogens with zero attached hydrogens (tertiary/aromatic N) is 5. The van der Waals surface area contributed by atoms with Crippen LogP contribution in [0.1, 0.15) is 6.92 Å². The zero-order chi connectivity index (χ0) is 18.1. The number of hydrogen-bond acceptors (Lipinski definition) is 6. The van der Waals surface area contributed by atoms with E-state index in [1.54, 1.807) is 4.52 Å². The molecule has 6 nitrogen and oxygen atoms in total. The van der Waals surface area contributed by atoms with E-state index < -0.39 is 0 Å². The highest BCUT2D eigenvalue weighted by molar-refractivity contribution is 7.19. The molecule has 0 aliphatic carbocycles. The highest BCUT2D eigenvalue weighted by Gasteiger charge is 2.16. The second-order valence-corrected chi connectivity index (χ2v) is 6.95. The van der Waals surface area contributed by atoms with E-state index in [9.17, 15) is 0 Å². The highest BCUT2D eigenvalue weighted by atomic mass is 32.1. The topological polar surface area (TPSA) is 55.6 Å². The van der Waals surface area contributed by atoms with E-state index in [1.165, 1.54) is 11.3 Å². The first kappa shape index (κ1) is 16.5. The summed E-state index contributed by atoms with van der Waals surface area (Å²) in [7, 11) is 4.04. The van der Waals surface area contributed by atoms with E-state index in [-0.39, 0.29) is 0 Å². The van der Waals surface area contributed by atoms with Gasteiger partial charge in [-0.2, -0.15) is 9.61 Å². The fraction of sp³-hybridized carbons (Fsp3) is 0.211. The summed E-state index contributed by atoms with van der Waals surface area (Å²) in [6.07, 6.45) is 0. The summed E-state index contributed by atoms with van der Waals surface area (Å²) >= 11 is 1.50. The SMILES string of the molecule is CCOc1ccccc1-c1nn2c(-c3ccc(N(C)C)cc3)nnc2s1. The van der Waals surface area contributed by atoms with E-state index in [4.69, 9.17) is 9.84 Å². The zero-order valence-corrected chi connectivity index (χ0v) is 15.7. The van der Waals surface area contributed by atoms with Crippen LogP contribution in [0.4, 0.5) is 5.69 Å². The maximum atomic E-state index is 5.73. The molecule has 0 atom stereocenters. The van der Waals surface area contributed by atoms with Gasteiger partial charge in [0.2, 0.25) is 4.96 Å². The molecule has 0 unspecified atom stereocenters. The molecule has 0 radical (unpaired) electrons. The average molecular weight is 365 g/mol. The van der Waals surface area contributed by atoms with Crippen molar-refractivity contribution in [2.75, 3.05) is 25.6 Å². The molecule has 7 heteroatoms. The summed E-state index contributed by atoms with van der Waals surface area (Å²) in [6, 6.07) is 16.1. The fourth-order valence-corrected chi connectivity index (χ4v) is 3.61. The summed E-state index contributed by atoms with van der Waals surface area (Å²) < 4.78 is 7.53. The second kappa shape index (κ2) is 6.76. The van der Waals surface area contributed by atoms with Crippen LogP contribution in [0, 0.1) is 0 Å². The minimum absolute atomic E-state index is 0.616. The van der Waals surface area contributed by atoms with Gasteiger partial charge in [-0.1, -0.05) is 23.5 Å². The Morgan fingerprint density at radius 3 is 2.54 bits per heavy atom. The van der Waals surface area contributed by atoms with Crippen LogP contribution in [0.2, 0.25) is 0 Å². The van der Waals surface area contributed by atoms with E-state index >= 15 is 0 Å². The fourth-order valence-electron chi connectivity index (χ4n) is 2.74. The minimum atomic E-state index is 0.616. The zero-order valence-electron chi connectivity index (χ0n) is 14.9. The Hall–Kier alpha value is -2.93. The first-order valence-corrected chi connectivity index (χ1v) is 9.21. The lowest BCUT2D eigenvalue weighted by Gasteiger charge is -2.12. The molecule has 132 valence electrons. The minimum Gasteiger partial charge on any atom is -0.493 e. The molecule has 0 aliphatic heterocycles. The van der Waals surface area contributed by atoms with Crippen molar-refractivity contribution in [2.24, 2.45) is 0 Å². The predicted molar refractivity (Wildman–Crippen MR) is 105 cm³/mol. The van der Waals surface area contributed by atoms with Gasteiger partial charge >= 0.3 is 0 Å². The second-order valence-electron chi connectivity index (χ2n) is 6.00. The number of anilines is 1. The van der Waals surface area contributed by atoms with Crippen LogP contribution in [0.15, 0.2) is 48.5 Å². The third-order valence-electron chi connectivity index (χ3n) is 4.05. The first-order chi connectivity index (χ1) is 12.7. The Morgan fingerprint density at radius 1 is 1.04 bits per heavy atom. The van der Waals surface area contributed by atoms with E-state index in [0.717, 1.165) is 38.4 Å². The predicted octanol–water partition coefficient (Wildman–Crippen LogP) is 3.98. The van der Waals surface area contributed by atoms with Crippen molar-refractivity contribution in [1.29, 1.82) is 0 Å². The lowest BCUT2D eigenvalue weighted by atomic mass is 10.2.